The van der Waals surface area contributed by atoms with Crippen LogP contribution in [0.5, 0.6) is 5.75 Å². The van der Waals surface area contributed by atoms with Gasteiger partial charge in [-0.3, -0.25) is 0 Å². The molecule has 0 bridgehead atoms. The summed E-state index contributed by atoms with van der Waals surface area (Å²) in [7, 11) is 3.93. The van der Waals surface area contributed by atoms with Gasteiger partial charge in [0.05, 0.1) is 17.9 Å². The van der Waals surface area contributed by atoms with Crippen LogP contribution in [0, 0.1) is 0 Å². The molecule has 164 valence electrons. The van der Waals surface area contributed by atoms with Crippen molar-refractivity contribution >= 4 is 28.1 Å². The number of aromatic nitrogens is 1. The third-order valence-corrected chi connectivity index (χ3v) is 5.67. The molecule has 30 heavy (non-hydrogen) atoms. The number of hydrogen-bond acceptors (Lipinski definition) is 6. The van der Waals surface area contributed by atoms with Gasteiger partial charge in [0.15, 0.2) is 11.1 Å². The van der Waals surface area contributed by atoms with Crippen molar-refractivity contribution in [3.8, 4) is 5.75 Å². The number of halogens is 2. The number of ether oxygens (including phenoxy) is 1. The third-order valence-electron chi connectivity index (χ3n) is 4.62. The number of nitrogens with one attached hydrogen (secondary N) is 2. The molecule has 1 aromatic heterocycles. The molecular formula is C20H28F2N6OS. The molecule has 1 atom stereocenters. The first-order valence-electron chi connectivity index (χ1n) is 9.91. The van der Waals surface area contributed by atoms with Gasteiger partial charge in [0, 0.05) is 45.2 Å². The average molecular weight is 439 g/mol. The maximum Gasteiger partial charge on any atom is 0.387 e. The first kappa shape index (κ1) is 22.1. The standard InChI is InChI=1S/C20H28F2N6OS/c1-4-23-19(24-11-15-13-30-20(26-15)27(2)3)25-14-9-10-28(12-14)16-7-5-6-8-17(16)29-18(21)22/h5-8,13-14,18H,4,9-12H2,1-3H3,(H2,23,24,25). The molecule has 0 amide bonds. The summed E-state index contributed by atoms with van der Waals surface area (Å²) >= 11 is 1.59. The number of rotatable bonds is 8. The summed E-state index contributed by atoms with van der Waals surface area (Å²) in [5.41, 5.74) is 1.61. The van der Waals surface area contributed by atoms with Crippen molar-refractivity contribution in [2.45, 2.75) is 32.5 Å². The van der Waals surface area contributed by atoms with E-state index >= 15 is 0 Å². The van der Waals surface area contributed by atoms with Gasteiger partial charge in [0.1, 0.15) is 5.75 Å². The fraction of sp³-hybridized carbons (Fsp3) is 0.500. The monoisotopic (exact) mass is 438 g/mol. The van der Waals surface area contributed by atoms with E-state index in [1.54, 1.807) is 23.5 Å². The molecule has 1 saturated heterocycles. The SMILES string of the molecule is CCNC(=NCc1csc(N(C)C)n1)NC1CCN(c2ccccc2OC(F)F)C1. The summed E-state index contributed by atoms with van der Waals surface area (Å²) in [5, 5.41) is 9.68. The van der Waals surface area contributed by atoms with E-state index < -0.39 is 6.61 Å². The molecule has 1 unspecified atom stereocenters. The third kappa shape index (κ3) is 5.94. The number of thiazole rings is 1. The lowest BCUT2D eigenvalue weighted by atomic mass is 10.2. The van der Waals surface area contributed by atoms with E-state index in [1.807, 2.05) is 43.4 Å². The molecule has 1 fully saturated rings. The molecule has 1 aliphatic heterocycles. The fourth-order valence-corrected chi connectivity index (χ4v) is 4.01. The quantitative estimate of drug-likeness (QED) is 0.488. The highest BCUT2D eigenvalue weighted by atomic mass is 32.1. The maximum absolute atomic E-state index is 12.7. The van der Waals surface area contributed by atoms with Crippen molar-refractivity contribution in [2.75, 3.05) is 43.5 Å². The minimum absolute atomic E-state index is 0.148. The molecule has 1 aromatic carbocycles. The van der Waals surface area contributed by atoms with E-state index in [1.165, 1.54) is 0 Å². The van der Waals surface area contributed by atoms with Gasteiger partial charge in [-0.25, -0.2) is 9.98 Å². The highest BCUT2D eigenvalue weighted by molar-refractivity contribution is 7.13. The van der Waals surface area contributed by atoms with Crippen LogP contribution in [0.4, 0.5) is 19.6 Å². The summed E-state index contributed by atoms with van der Waals surface area (Å²) in [6.07, 6.45) is 0.870. The highest BCUT2D eigenvalue weighted by Gasteiger charge is 2.26. The Bertz CT molecular complexity index is 844. The zero-order chi connectivity index (χ0) is 21.5. The van der Waals surface area contributed by atoms with E-state index in [0.717, 1.165) is 36.3 Å². The van der Waals surface area contributed by atoms with Gasteiger partial charge in [-0.2, -0.15) is 8.78 Å². The molecule has 2 aromatic rings. The van der Waals surface area contributed by atoms with E-state index in [4.69, 9.17) is 0 Å². The second kappa shape index (κ2) is 10.4. The summed E-state index contributed by atoms with van der Waals surface area (Å²) in [6.45, 7) is 1.83. The number of hydrogen-bond donors (Lipinski definition) is 2. The largest absolute Gasteiger partial charge is 0.433 e. The first-order chi connectivity index (χ1) is 14.5. The van der Waals surface area contributed by atoms with Crippen molar-refractivity contribution in [2.24, 2.45) is 4.99 Å². The van der Waals surface area contributed by atoms with E-state index in [-0.39, 0.29) is 11.8 Å². The summed E-state index contributed by atoms with van der Waals surface area (Å²) < 4.78 is 30.1. The second-order valence-electron chi connectivity index (χ2n) is 7.13. The zero-order valence-corrected chi connectivity index (χ0v) is 18.3. The van der Waals surface area contributed by atoms with Crippen LogP contribution in [-0.2, 0) is 6.54 Å². The number of anilines is 2. The van der Waals surface area contributed by atoms with Crippen LogP contribution in [0.1, 0.15) is 19.0 Å². The molecule has 2 N–H and O–H groups in total. The number of guanidine groups is 1. The molecule has 0 saturated carbocycles. The van der Waals surface area contributed by atoms with E-state index in [2.05, 4.69) is 30.2 Å². The Morgan fingerprint density at radius 2 is 2.20 bits per heavy atom. The Hall–Kier alpha value is -2.62. The summed E-state index contributed by atoms with van der Waals surface area (Å²) in [4.78, 5) is 13.2. The van der Waals surface area contributed by atoms with Crippen molar-refractivity contribution < 1.29 is 13.5 Å². The average Bonchev–Trinajstić information content (AvgIpc) is 3.36. The van der Waals surface area contributed by atoms with Crippen molar-refractivity contribution in [1.82, 2.24) is 15.6 Å². The number of alkyl halides is 2. The second-order valence-corrected chi connectivity index (χ2v) is 7.97. The van der Waals surface area contributed by atoms with Gasteiger partial charge in [0.2, 0.25) is 0 Å². The molecule has 10 heteroatoms. The van der Waals surface area contributed by atoms with Crippen LogP contribution in [0.2, 0.25) is 0 Å². The zero-order valence-electron chi connectivity index (χ0n) is 17.4. The maximum atomic E-state index is 12.7. The van der Waals surface area contributed by atoms with Crippen molar-refractivity contribution in [3.05, 3.63) is 35.3 Å². The molecule has 3 rings (SSSR count). The molecule has 2 heterocycles. The molecule has 7 nitrogen and oxygen atoms in total. The molecule has 1 aliphatic rings. The van der Waals surface area contributed by atoms with Gasteiger partial charge in [-0.05, 0) is 25.5 Å². The van der Waals surface area contributed by atoms with Crippen molar-refractivity contribution in [1.29, 1.82) is 0 Å². The predicted octanol–water partition coefficient (Wildman–Crippen LogP) is 3.14. The predicted molar refractivity (Wildman–Crippen MR) is 118 cm³/mol. The molecule has 0 radical (unpaired) electrons. The van der Waals surface area contributed by atoms with Crippen LogP contribution in [0.15, 0.2) is 34.6 Å². The lowest BCUT2D eigenvalue weighted by Crippen LogP contribution is -2.44. The van der Waals surface area contributed by atoms with Gasteiger partial charge in [-0.15, -0.1) is 11.3 Å². The Morgan fingerprint density at radius 3 is 2.90 bits per heavy atom. The fourth-order valence-electron chi connectivity index (χ4n) is 3.26. The topological polar surface area (TPSA) is 65.0 Å². The van der Waals surface area contributed by atoms with Gasteiger partial charge >= 0.3 is 6.61 Å². The van der Waals surface area contributed by atoms with Gasteiger partial charge in [0.25, 0.3) is 0 Å². The lowest BCUT2D eigenvalue weighted by Gasteiger charge is -2.22. The Morgan fingerprint density at radius 1 is 1.40 bits per heavy atom. The van der Waals surface area contributed by atoms with E-state index in [0.29, 0.717) is 18.8 Å². The number of para-hydroxylation sites is 2. The molecular weight excluding hydrogens is 410 g/mol. The minimum atomic E-state index is -2.84. The normalized spacial score (nSPS) is 16.8. The smallest absolute Gasteiger partial charge is 0.387 e. The Labute approximate surface area is 179 Å². The first-order valence-corrected chi connectivity index (χ1v) is 10.8. The van der Waals surface area contributed by atoms with Crippen LogP contribution >= 0.6 is 11.3 Å². The van der Waals surface area contributed by atoms with E-state index in [9.17, 15) is 8.78 Å². The van der Waals surface area contributed by atoms with Gasteiger partial charge < -0.3 is 25.2 Å². The summed E-state index contributed by atoms with van der Waals surface area (Å²) in [5.74, 6) is 0.926. The molecule has 0 spiro atoms. The summed E-state index contributed by atoms with van der Waals surface area (Å²) in [6, 6.07) is 7.06. The lowest BCUT2D eigenvalue weighted by molar-refractivity contribution is -0.0495. The number of aliphatic imine (C=N–C) groups is 1. The minimum Gasteiger partial charge on any atom is -0.433 e. The van der Waals surface area contributed by atoms with Crippen LogP contribution in [-0.4, -0.2) is 57.3 Å². The van der Waals surface area contributed by atoms with Crippen LogP contribution < -0.4 is 25.2 Å². The Kier molecular flexibility index (Phi) is 7.67. The van der Waals surface area contributed by atoms with Gasteiger partial charge in [-0.1, -0.05) is 12.1 Å². The Balaban J connectivity index is 1.62. The number of benzene rings is 1. The molecule has 0 aliphatic carbocycles. The van der Waals surface area contributed by atoms with Crippen LogP contribution in [0.25, 0.3) is 0 Å². The number of nitrogens with zero attached hydrogens (tertiary/aromatic N) is 4. The van der Waals surface area contributed by atoms with Crippen molar-refractivity contribution in [3.63, 3.8) is 0 Å². The highest BCUT2D eigenvalue weighted by Crippen LogP contribution is 2.31. The van der Waals surface area contributed by atoms with Crippen LogP contribution in [0.3, 0.4) is 0 Å².